The summed E-state index contributed by atoms with van der Waals surface area (Å²) in [6.45, 7) is 4.55. The third-order valence-corrected chi connectivity index (χ3v) is 3.82. The Morgan fingerprint density at radius 3 is 2.39 bits per heavy atom. The van der Waals surface area contributed by atoms with Crippen LogP contribution in [0.15, 0.2) is 23.2 Å². The number of carbonyl (C=O) groups excluding carboxylic acids is 1. The van der Waals surface area contributed by atoms with Crippen molar-refractivity contribution >= 4 is 35.8 Å². The molecule has 0 radical (unpaired) electrons. The van der Waals surface area contributed by atoms with Crippen molar-refractivity contribution in [3.63, 3.8) is 0 Å². The lowest BCUT2D eigenvalue weighted by atomic mass is 9.92. The summed E-state index contributed by atoms with van der Waals surface area (Å²) < 4.78 is 42.3. The standard InChI is InChI=1S/C18H27F3N4O2.HI/c1-12-6-7-13(14(8-12)27-11-18(19,20)21)9-24-16(23-5)25-10-17(2,3)15(26)22-4;/h6-8H,9-11H2,1-5H3,(H,22,26)(H2,23,24,25);1H. The molecule has 1 amide bonds. The lowest BCUT2D eigenvalue weighted by molar-refractivity contribution is -0.153. The van der Waals surface area contributed by atoms with E-state index in [1.807, 2.05) is 0 Å². The molecular weight excluding hydrogens is 488 g/mol. The van der Waals surface area contributed by atoms with Crippen LogP contribution in [0.1, 0.15) is 25.0 Å². The normalized spacial score (nSPS) is 12.1. The number of hydrogen-bond donors (Lipinski definition) is 3. The highest BCUT2D eigenvalue weighted by atomic mass is 127. The lowest BCUT2D eigenvalue weighted by Crippen LogP contribution is -2.47. The number of aliphatic imine (C=N–C) groups is 1. The van der Waals surface area contributed by atoms with Crippen LogP contribution in [0.25, 0.3) is 0 Å². The second-order valence-corrected chi connectivity index (χ2v) is 6.76. The van der Waals surface area contributed by atoms with Gasteiger partial charge in [0, 0.05) is 32.7 Å². The predicted molar refractivity (Wildman–Crippen MR) is 114 cm³/mol. The van der Waals surface area contributed by atoms with Crippen LogP contribution < -0.4 is 20.7 Å². The number of ether oxygens (including phenoxy) is 1. The Labute approximate surface area is 180 Å². The summed E-state index contributed by atoms with van der Waals surface area (Å²) in [6, 6.07) is 5.06. The molecular formula is C18H28F3IN4O2. The van der Waals surface area contributed by atoms with Crippen LogP contribution in [-0.4, -0.2) is 45.3 Å². The van der Waals surface area contributed by atoms with E-state index in [4.69, 9.17) is 4.74 Å². The van der Waals surface area contributed by atoms with Crippen LogP contribution in [0.2, 0.25) is 0 Å². The minimum absolute atomic E-state index is 0. The summed E-state index contributed by atoms with van der Waals surface area (Å²) in [6.07, 6.45) is -4.41. The molecule has 0 fully saturated rings. The number of halogens is 4. The number of hydrogen-bond acceptors (Lipinski definition) is 3. The Bertz CT molecular complexity index is 679. The van der Waals surface area contributed by atoms with Crippen LogP contribution in [0.4, 0.5) is 13.2 Å². The van der Waals surface area contributed by atoms with Gasteiger partial charge in [0.15, 0.2) is 12.6 Å². The lowest BCUT2D eigenvalue weighted by Gasteiger charge is -2.24. The van der Waals surface area contributed by atoms with Crippen LogP contribution in [0, 0.1) is 12.3 Å². The average molecular weight is 516 g/mol. The van der Waals surface area contributed by atoms with Gasteiger partial charge in [0.2, 0.25) is 5.91 Å². The SMILES string of the molecule is CN=C(NCc1ccc(C)cc1OCC(F)(F)F)NCC(C)(C)C(=O)NC.I. The third kappa shape index (κ3) is 8.98. The molecule has 0 heterocycles. The Morgan fingerprint density at radius 1 is 1.21 bits per heavy atom. The summed E-state index contributed by atoms with van der Waals surface area (Å²) in [5.74, 6) is 0.474. The van der Waals surface area contributed by atoms with Crippen LogP contribution in [0.5, 0.6) is 5.75 Å². The molecule has 0 aromatic heterocycles. The number of amides is 1. The zero-order chi connectivity index (χ0) is 20.7. The highest BCUT2D eigenvalue weighted by Gasteiger charge is 2.29. The fraction of sp³-hybridized carbons (Fsp3) is 0.556. The molecule has 160 valence electrons. The molecule has 0 aliphatic carbocycles. The van der Waals surface area contributed by atoms with Crippen molar-refractivity contribution in [2.24, 2.45) is 10.4 Å². The van der Waals surface area contributed by atoms with Gasteiger partial charge in [0.25, 0.3) is 0 Å². The van der Waals surface area contributed by atoms with E-state index in [0.717, 1.165) is 5.56 Å². The minimum atomic E-state index is -4.41. The molecule has 0 bridgehead atoms. The number of aryl methyl sites for hydroxylation is 1. The first-order chi connectivity index (χ1) is 12.5. The smallest absolute Gasteiger partial charge is 0.422 e. The van der Waals surface area contributed by atoms with E-state index < -0.39 is 18.2 Å². The summed E-state index contributed by atoms with van der Waals surface area (Å²) >= 11 is 0. The second-order valence-electron chi connectivity index (χ2n) is 6.76. The Kier molecular flexibility index (Phi) is 10.6. The molecule has 1 aromatic rings. The molecule has 0 spiro atoms. The summed E-state index contributed by atoms with van der Waals surface area (Å²) in [7, 11) is 3.13. The van der Waals surface area contributed by atoms with E-state index in [2.05, 4.69) is 20.9 Å². The van der Waals surface area contributed by atoms with Gasteiger partial charge >= 0.3 is 6.18 Å². The highest BCUT2D eigenvalue weighted by molar-refractivity contribution is 14.0. The first-order valence-corrected chi connectivity index (χ1v) is 8.44. The first kappa shape index (κ1) is 26.3. The highest BCUT2D eigenvalue weighted by Crippen LogP contribution is 2.23. The summed E-state index contributed by atoms with van der Waals surface area (Å²) in [5.41, 5.74) is 0.709. The molecule has 10 heteroatoms. The molecule has 0 saturated heterocycles. The van der Waals surface area contributed by atoms with E-state index >= 15 is 0 Å². The molecule has 6 nitrogen and oxygen atoms in total. The first-order valence-electron chi connectivity index (χ1n) is 8.44. The van der Waals surface area contributed by atoms with Crippen molar-refractivity contribution in [3.05, 3.63) is 29.3 Å². The van der Waals surface area contributed by atoms with Gasteiger partial charge in [-0.15, -0.1) is 24.0 Å². The van der Waals surface area contributed by atoms with Crippen molar-refractivity contribution in [2.75, 3.05) is 27.2 Å². The monoisotopic (exact) mass is 516 g/mol. The van der Waals surface area contributed by atoms with E-state index in [9.17, 15) is 18.0 Å². The van der Waals surface area contributed by atoms with Crippen molar-refractivity contribution in [2.45, 2.75) is 33.5 Å². The number of benzene rings is 1. The van der Waals surface area contributed by atoms with E-state index in [0.29, 0.717) is 18.1 Å². The van der Waals surface area contributed by atoms with Crippen LogP contribution in [0.3, 0.4) is 0 Å². The van der Waals surface area contributed by atoms with Crippen molar-refractivity contribution in [3.8, 4) is 5.75 Å². The zero-order valence-electron chi connectivity index (χ0n) is 16.7. The Morgan fingerprint density at radius 2 is 1.86 bits per heavy atom. The van der Waals surface area contributed by atoms with Crippen LogP contribution >= 0.6 is 24.0 Å². The zero-order valence-corrected chi connectivity index (χ0v) is 19.0. The topological polar surface area (TPSA) is 74.8 Å². The summed E-state index contributed by atoms with van der Waals surface area (Å²) in [5, 5.41) is 8.65. The van der Waals surface area contributed by atoms with Gasteiger partial charge in [-0.05, 0) is 32.4 Å². The number of rotatable bonds is 7. The number of guanidine groups is 1. The Hall–Kier alpha value is -1.72. The molecule has 0 atom stereocenters. The molecule has 0 aliphatic rings. The average Bonchev–Trinajstić information content (AvgIpc) is 2.59. The van der Waals surface area contributed by atoms with Crippen LogP contribution in [-0.2, 0) is 11.3 Å². The molecule has 0 aliphatic heterocycles. The number of carbonyl (C=O) groups is 1. The fourth-order valence-corrected chi connectivity index (χ4v) is 2.22. The molecule has 0 saturated carbocycles. The molecule has 1 rings (SSSR count). The van der Waals surface area contributed by atoms with Gasteiger partial charge in [-0.1, -0.05) is 12.1 Å². The largest absolute Gasteiger partial charge is 0.484 e. The van der Waals surface area contributed by atoms with Crippen molar-refractivity contribution in [1.29, 1.82) is 0 Å². The maximum absolute atomic E-state index is 12.4. The quantitative estimate of drug-likeness (QED) is 0.296. The van der Waals surface area contributed by atoms with Gasteiger partial charge in [-0.25, -0.2) is 0 Å². The number of alkyl halides is 3. The minimum Gasteiger partial charge on any atom is -0.484 e. The third-order valence-electron chi connectivity index (χ3n) is 3.82. The van der Waals surface area contributed by atoms with Gasteiger partial charge in [0.1, 0.15) is 5.75 Å². The van der Waals surface area contributed by atoms with E-state index in [-0.39, 0.29) is 42.2 Å². The summed E-state index contributed by atoms with van der Waals surface area (Å²) in [4.78, 5) is 15.9. The maximum atomic E-state index is 12.4. The van der Waals surface area contributed by atoms with Crippen molar-refractivity contribution in [1.82, 2.24) is 16.0 Å². The molecule has 0 unspecified atom stereocenters. The van der Waals surface area contributed by atoms with Gasteiger partial charge < -0.3 is 20.7 Å². The molecule has 1 aromatic carbocycles. The maximum Gasteiger partial charge on any atom is 0.422 e. The van der Waals surface area contributed by atoms with E-state index in [1.165, 1.54) is 0 Å². The van der Waals surface area contributed by atoms with Gasteiger partial charge in [-0.3, -0.25) is 9.79 Å². The molecule has 28 heavy (non-hydrogen) atoms. The number of nitrogens with one attached hydrogen (secondary N) is 3. The predicted octanol–water partition coefficient (Wildman–Crippen LogP) is 2.99. The van der Waals surface area contributed by atoms with E-state index in [1.54, 1.807) is 53.1 Å². The van der Waals surface area contributed by atoms with Crippen molar-refractivity contribution < 1.29 is 22.7 Å². The molecule has 3 N–H and O–H groups in total. The second kappa shape index (κ2) is 11.3. The fourth-order valence-electron chi connectivity index (χ4n) is 2.22. The number of nitrogens with zero attached hydrogens (tertiary/aromatic N) is 1. The Balaban J connectivity index is 0.00000729. The van der Waals surface area contributed by atoms with Gasteiger partial charge in [-0.2, -0.15) is 13.2 Å². The van der Waals surface area contributed by atoms with Gasteiger partial charge in [0.05, 0.1) is 5.41 Å².